The zero-order valence-corrected chi connectivity index (χ0v) is 10.6. The Morgan fingerprint density at radius 1 is 1.17 bits per heavy atom. The summed E-state index contributed by atoms with van der Waals surface area (Å²) in [6.45, 7) is 2.84. The molecule has 0 aliphatic carbocycles. The van der Waals surface area contributed by atoms with Gasteiger partial charge in [0.15, 0.2) is 11.6 Å². The Morgan fingerprint density at radius 3 is 2.67 bits per heavy atom. The number of ether oxygens (including phenoxy) is 2. The third kappa shape index (κ3) is 5.95. The minimum Gasteiger partial charge on any atom is -0.488 e. The predicted octanol–water partition coefficient (Wildman–Crippen LogP) is 1.15. The number of rotatable bonds is 9. The minimum absolute atomic E-state index is 0.146. The molecule has 0 radical (unpaired) electrons. The Kier molecular flexibility index (Phi) is 7.32. The number of para-hydroxylation sites is 1. The molecule has 0 aromatic heterocycles. The number of hydrogen-bond acceptors (Lipinski definition) is 4. The van der Waals surface area contributed by atoms with Crippen molar-refractivity contribution in [3.05, 3.63) is 30.1 Å². The van der Waals surface area contributed by atoms with Gasteiger partial charge >= 0.3 is 0 Å². The molecule has 0 aliphatic heterocycles. The maximum Gasteiger partial charge on any atom is 0.165 e. The smallest absolute Gasteiger partial charge is 0.165 e. The average molecular weight is 257 g/mol. The molecule has 1 rings (SSSR count). The molecule has 18 heavy (non-hydrogen) atoms. The Hall–Kier alpha value is -1.17. The SMILES string of the molecule is CN(CCO)CCOCCOc1ccccc1F. The highest BCUT2D eigenvalue weighted by molar-refractivity contribution is 5.23. The van der Waals surface area contributed by atoms with Crippen molar-refractivity contribution in [2.24, 2.45) is 0 Å². The van der Waals surface area contributed by atoms with E-state index >= 15 is 0 Å². The lowest BCUT2D eigenvalue weighted by Crippen LogP contribution is -2.26. The molecule has 4 nitrogen and oxygen atoms in total. The summed E-state index contributed by atoms with van der Waals surface area (Å²) in [7, 11) is 1.91. The molecule has 0 unspecified atom stereocenters. The molecule has 0 aliphatic rings. The standard InChI is InChI=1S/C13H20FNO3/c1-15(6-8-16)7-9-17-10-11-18-13-5-3-2-4-12(13)14/h2-5,16H,6-11H2,1H3. The Bertz CT molecular complexity index is 336. The third-order valence-electron chi connectivity index (χ3n) is 2.42. The maximum absolute atomic E-state index is 13.2. The van der Waals surface area contributed by atoms with Crippen LogP contribution in [0.5, 0.6) is 5.75 Å². The topological polar surface area (TPSA) is 41.9 Å². The lowest BCUT2D eigenvalue weighted by atomic mass is 10.3. The first-order chi connectivity index (χ1) is 8.74. The van der Waals surface area contributed by atoms with Crippen molar-refractivity contribution in [2.75, 3.05) is 46.6 Å². The Balaban J connectivity index is 2.04. The summed E-state index contributed by atoms with van der Waals surface area (Å²) in [5.74, 6) is -0.112. The summed E-state index contributed by atoms with van der Waals surface area (Å²) in [4.78, 5) is 1.97. The number of halogens is 1. The zero-order valence-electron chi connectivity index (χ0n) is 10.6. The second-order valence-electron chi connectivity index (χ2n) is 3.92. The fourth-order valence-corrected chi connectivity index (χ4v) is 1.38. The van der Waals surface area contributed by atoms with Crippen molar-refractivity contribution in [1.29, 1.82) is 0 Å². The van der Waals surface area contributed by atoms with Crippen LogP contribution >= 0.6 is 0 Å². The van der Waals surface area contributed by atoms with Crippen LogP contribution in [0, 0.1) is 5.82 Å². The summed E-state index contributed by atoms with van der Waals surface area (Å²) >= 11 is 0. The molecule has 5 heteroatoms. The third-order valence-corrected chi connectivity index (χ3v) is 2.42. The number of aliphatic hydroxyl groups is 1. The summed E-state index contributed by atoms with van der Waals surface area (Å²) in [6.07, 6.45) is 0. The summed E-state index contributed by atoms with van der Waals surface area (Å²) in [6, 6.07) is 6.29. The molecule has 0 saturated heterocycles. The van der Waals surface area contributed by atoms with E-state index in [-0.39, 0.29) is 18.2 Å². The van der Waals surface area contributed by atoms with Crippen molar-refractivity contribution in [2.45, 2.75) is 0 Å². The maximum atomic E-state index is 13.2. The largest absolute Gasteiger partial charge is 0.488 e. The van der Waals surface area contributed by atoms with Crippen LogP contribution in [0.2, 0.25) is 0 Å². The van der Waals surface area contributed by atoms with Crippen LogP contribution in [0.4, 0.5) is 4.39 Å². The van der Waals surface area contributed by atoms with Crippen LogP contribution in [0.1, 0.15) is 0 Å². The quantitative estimate of drug-likeness (QED) is 0.674. The van der Waals surface area contributed by atoms with E-state index in [0.29, 0.717) is 26.4 Å². The molecule has 1 aromatic rings. The van der Waals surface area contributed by atoms with Gasteiger partial charge in [-0.15, -0.1) is 0 Å². The van der Waals surface area contributed by atoms with E-state index in [0.717, 1.165) is 6.54 Å². The van der Waals surface area contributed by atoms with Crippen LogP contribution in [0.3, 0.4) is 0 Å². The second-order valence-corrected chi connectivity index (χ2v) is 3.92. The van der Waals surface area contributed by atoms with Crippen molar-refractivity contribution in [3.63, 3.8) is 0 Å². The van der Waals surface area contributed by atoms with Gasteiger partial charge in [-0.05, 0) is 19.2 Å². The van der Waals surface area contributed by atoms with Crippen LogP contribution in [0.15, 0.2) is 24.3 Å². The first-order valence-electron chi connectivity index (χ1n) is 5.98. The number of likely N-dealkylation sites (N-methyl/N-ethyl adjacent to an activating group) is 1. The molecule has 0 bridgehead atoms. The summed E-state index contributed by atoms with van der Waals surface area (Å²) in [5.41, 5.74) is 0. The number of nitrogens with zero attached hydrogens (tertiary/aromatic N) is 1. The fraction of sp³-hybridized carbons (Fsp3) is 0.538. The van der Waals surface area contributed by atoms with Crippen molar-refractivity contribution >= 4 is 0 Å². The van der Waals surface area contributed by atoms with Gasteiger partial charge < -0.3 is 19.5 Å². The normalized spacial score (nSPS) is 10.9. The van der Waals surface area contributed by atoms with E-state index < -0.39 is 0 Å². The van der Waals surface area contributed by atoms with Gasteiger partial charge in [-0.2, -0.15) is 0 Å². The van der Waals surface area contributed by atoms with Crippen LogP contribution < -0.4 is 4.74 Å². The van der Waals surface area contributed by atoms with E-state index in [1.165, 1.54) is 6.07 Å². The molecule has 102 valence electrons. The van der Waals surface area contributed by atoms with Gasteiger partial charge in [0.05, 0.1) is 19.8 Å². The molecule has 0 fully saturated rings. The van der Waals surface area contributed by atoms with Crippen LogP contribution in [0.25, 0.3) is 0 Å². The number of benzene rings is 1. The molecule has 1 aromatic carbocycles. The first kappa shape index (κ1) is 14.9. The fourth-order valence-electron chi connectivity index (χ4n) is 1.38. The Labute approximate surface area is 107 Å². The van der Waals surface area contributed by atoms with E-state index in [1.807, 2.05) is 11.9 Å². The molecule has 0 spiro atoms. The molecule has 0 atom stereocenters. The molecule has 0 heterocycles. The van der Waals surface area contributed by atoms with Gasteiger partial charge in [-0.25, -0.2) is 4.39 Å². The number of hydrogen-bond donors (Lipinski definition) is 1. The van der Waals surface area contributed by atoms with E-state index in [2.05, 4.69) is 0 Å². The molecular weight excluding hydrogens is 237 g/mol. The van der Waals surface area contributed by atoms with Gasteiger partial charge in [-0.3, -0.25) is 0 Å². The van der Waals surface area contributed by atoms with Gasteiger partial charge in [0.2, 0.25) is 0 Å². The molecule has 1 N–H and O–H groups in total. The van der Waals surface area contributed by atoms with Gasteiger partial charge in [0, 0.05) is 13.1 Å². The second kappa shape index (κ2) is 8.85. The average Bonchev–Trinajstić information content (AvgIpc) is 2.36. The summed E-state index contributed by atoms with van der Waals surface area (Å²) < 4.78 is 23.7. The molecule has 0 amide bonds. The minimum atomic E-state index is -0.361. The van der Waals surface area contributed by atoms with Gasteiger partial charge in [-0.1, -0.05) is 12.1 Å². The highest BCUT2D eigenvalue weighted by Gasteiger charge is 2.01. The Morgan fingerprint density at radius 2 is 1.94 bits per heavy atom. The van der Waals surface area contributed by atoms with Crippen LogP contribution in [-0.2, 0) is 4.74 Å². The van der Waals surface area contributed by atoms with Crippen LogP contribution in [-0.4, -0.2) is 56.6 Å². The highest BCUT2D eigenvalue weighted by atomic mass is 19.1. The van der Waals surface area contributed by atoms with E-state index in [1.54, 1.807) is 18.2 Å². The monoisotopic (exact) mass is 257 g/mol. The van der Waals surface area contributed by atoms with Gasteiger partial charge in [0.25, 0.3) is 0 Å². The lowest BCUT2D eigenvalue weighted by molar-refractivity contribution is 0.0803. The predicted molar refractivity (Wildman–Crippen MR) is 67.3 cm³/mol. The summed E-state index contributed by atoms with van der Waals surface area (Å²) in [5, 5.41) is 8.69. The number of aliphatic hydroxyl groups excluding tert-OH is 1. The lowest BCUT2D eigenvalue weighted by Gasteiger charge is -2.14. The first-order valence-corrected chi connectivity index (χ1v) is 5.98. The van der Waals surface area contributed by atoms with E-state index in [9.17, 15) is 4.39 Å². The molecular formula is C13H20FNO3. The van der Waals surface area contributed by atoms with Crippen molar-refractivity contribution in [3.8, 4) is 5.75 Å². The van der Waals surface area contributed by atoms with E-state index in [4.69, 9.17) is 14.6 Å². The zero-order chi connectivity index (χ0) is 13.2. The molecule has 0 saturated carbocycles. The van der Waals surface area contributed by atoms with Gasteiger partial charge in [0.1, 0.15) is 6.61 Å². The van der Waals surface area contributed by atoms with Crippen molar-refractivity contribution in [1.82, 2.24) is 4.90 Å². The highest BCUT2D eigenvalue weighted by Crippen LogP contribution is 2.14. The van der Waals surface area contributed by atoms with Crippen molar-refractivity contribution < 1.29 is 19.0 Å².